The summed E-state index contributed by atoms with van der Waals surface area (Å²) >= 11 is 0. The van der Waals surface area contributed by atoms with Crippen molar-refractivity contribution in [3.05, 3.63) is 65.9 Å². The second kappa shape index (κ2) is 3.81. The van der Waals surface area contributed by atoms with Crippen molar-refractivity contribution in [3.63, 3.8) is 0 Å². The maximum absolute atomic E-state index is 4.35. The van der Waals surface area contributed by atoms with Gasteiger partial charge < -0.3 is 0 Å². The van der Waals surface area contributed by atoms with Crippen LogP contribution in [0, 0.1) is 6.07 Å². The summed E-state index contributed by atoms with van der Waals surface area (Å²) in [5, 5.41) is 8.54. The fourth-order valence-electron chi connectivity index (χ4n) is 1.88. The van der Waals surface area contributed by atoms with E-state index >= 15 is 0 Å². The lowest BCUT2D eigenvalue weighted by Gasteiger charge is -1.97. The Morgan fingerprint density at radius 2 is 2.00 bits per heavy atom. The number of rotatable bonds is 2. The van der Waals surface area contributed by atoms with Crippen molar-refractivity contribution in [2.75, 3.05) is 0 Å². The van der Waals surface area contributed by atoms with Gasteiger partial charge in [-0.2, -0.15) is 5.10 Å². The molecule has 1 N–H and O–H groups in total. The van der Waals surface area contributed by atoms with Gasteiger partial charge in [-0.25, -0.2) is 0 Å². The second-order valence-electron chi connectivity index (χ2n) is 3.80. The van der Waals surface area contributed by atoms with Crippen molar-refractivity contribution in [3.8, 4) is 0 Å². The zero-order valence-electron chi connectivity index (χ0n) is 8.77. The number of benzene rings is 2. The standard InChI is InChI=1S/C14H11N2/c1-2-6-11(7-3-1)10-14-12-8-4-5-9-13(12)15-16-14/h1-3,5-9H,10H2,(H,15,16). The molecule has 1 heterocycles. The normalized spacial score (nSPS) is 10.8. The van der Waals surface area contributed by atoms with E-state index in [2.05, 4.69) is 40.5 Å². The number of hydrogen-bond acceptors (Lipinski definition) is 1. The average Bonchev–Trinajstić information content (AvgIpc) is 2.74. The van der Waals surface area contributed by atoms with Crippen molar-refractivity contribution in [1.82, 2.24) is 10.2 Å². The highest BCUT2D eigenvalue weighted by molar-refractivity contribution is 5.81. The summed E-state index contributed by atoms with van der Waals surface area (Å²) in [6.45, 7) is 0. The van der Waals surface area contributed by atoms with Crippen LogP contribution in [0.4, 0.5) is 0 Å². The van der Waals surface area contributed by atoms with Crippen LogP contribution in [0.15, 0.2) is 48.5 Å². The van der Waals surface area contributed by atoms with Crippen molar-refractivity contribution in [2.45, 2.75) is 6.42 Å². The molecule has 77 valence electrons. The van der Waals surface area contributed by atoms with E-state index < -0.39 is 0 Å². The first kappa shape index (κ1) is 9.16. The molecule has 1 radical (unpaired) electrons. The van der Waals surface area contributed by atoms with E-state index in [1.807, 2.05) is 24.3 Å². The van der Waals surface area contributed by atoms with Gasteiger partial charge in [0.05, 0.1) is 11.2 Å². The molecule has 0 aliphatic heterocycles. The average molecular weight is 207 g/mol. The third kappa shape index (κ3) is 1.58. The summed E-state index contributed by atoms with van der Waals surface area (Å²) in [5.41, 5.74) is 3.43. The molecular weight excluding hydrogens is 196 g/mol. The van der Waals surface area contributed by atoms with Crippen LogP contribution in [0.5, 0.6) is 0 Å². The third-order valence-corrected chi connectivity index (χ3v) is 2.70. The number of nitrogens with one attached hydrogen (secondary N) is 1. The predicted octanol–water partition coefficient (Wildman–Crippen LogP) is 2.95. The summed E-state index contributed by atoms with van der Waals surface area (Å²) in [5.74, 6) is 0. The highest BCUT2D eigenvalue weighted by Gasteiger charge is 2.04. The minimum atomic E-state index is 0.860. The number of fused-ring (bicyclic) bond motifs is 1. The molecule has 0 bridgehead atoms. The summed E-state index contributed by atoms with van der Waals surface area (Å²) in [6.07, 6.45) is 0.860. The Morgan fingerprint density at radius 1 is 1.12 bits per heavy atom. The molecule has 3 rings (SSSR count). The molecule has 0 amide bonds. The van der Waals surface area contributed by atoms with Gasteiger partial charge in [-0.1, -0.05) is 36.4 Å². The molecule has 0 aliphatic rings. The highest BCUT2D eigenvalue weighted by Crippen LogP contribution is 2.17. The smallest absolute Gasteiger partial charge is 0.0744 e. The summed E-state index contributed by atoms with van der Waals surface area (Å²) < 4.78 is 0. The third-order valence-electron chi connectivity index (χ3n) is 2.70. The highest BCUT2D eigenvalue weighted by atomic mass is 15.1. The van der Waals surface area contributed by atoms with E-state index in [-0.39, 0.29) is 0 Å². The molecule has 0 aliphatic carbocycles. The van der Waals surface area contributed by atoms with Crippen LogP contribution in [0.25, 0.3) is 10.9 Å². The first-order chi connectivity index (χ1) is 7.93. The predicted molar refractivity (Wildman–Crippen MR) is 64.2 cm³/mol. The topological polar surface area (TPSA) is 28.7 Å². The van der Waals surface area contributed by atoms with Crippen LogP contribution < -0.4 is 0 Å². The molecule has 0 saturated heterocycles. The van der Waals surface area contributed by atoms with Crippen LogP contribution in [0.1, 0.15) is 11.3 Å². The summed E-state index contributed by atoms with van der Waals surface area (Å²) in [4.78, 5) is 0. The monoisotopic (exact) mass is 207 g/mol. The van der Waals surface area contributed by atoms with Crippen LogP contribution in [-0.2, 0) is 6.42 Å². The fraction of sp³-hybridized carbons (Fsp3) is 0.0714. The van der Waals surface area contributed by atoms with Gasteiger partial charge in [-0.05, 0) is 23.8 Å². The molecule has 2 heteroatoms. The Kier molecular flexibility index (Phi) is 2.18. The molecule has 0 spiro atoms. The van der Waals surface area contributed by atoms with Crippen molar-refractivity contribution >= 4 is 10.9 Å². The number of aromatic amines is 1. The molecule has 16 heavy (non-hydrogen) atoms. The van der Waals surface area contributed by atoms with Gasteiger partial charge >= 0.3 is 0 Å². The Morgan fingerprint density at radius 3 is 2.88 bits per heavy atom. The lowest BCUT2D eigenvalue weighted by Crippen LogP contribution is -1.88. The van der Waals surface area contributed by atoms with E-state index in [0.29, 0.717) is 0 Å². The molecule has 2 nitrogen and oxygen atoms in total. The lowest BCUT2D eigenvalue weighted by atomic mass is 10.1. The molecule has 0 saturated carbocycles. The Hall–Kier alpha value is -2.09. The van der Waals surface area contributed by atoms with Crippen LogP contribution in [-0.4, -0.2) is 10.2 Å². The first-order valence-electron chi connectivity index (χ1n) is 5.30. The van der Waals surface area contributed by atoms with Gasteiger partial charge in [0.25, 0.3) is 0 Å². The number of nitrogens with zero attached hydrogens (tertiary/aromatic N) is 1. The second-order valence-corrected chi connectivity index (χ2v) is 3.80. The van der Waals surface area contributed by atoms with Gasteiger partial charge in [0.1, 0.15) is 0 Å². The minimum Gasteiger partial charge on any atom is -0.278 e. The maximum atomic E-state index is 4.35. The Labute approximate surface area is 93.9 Å². The van der Waals surface area contributed by atoms with Crippen LogP contribution >= 0.6 is 0 Å². The van der Waals surface area contributed by atoms with Crippen molar-refractivity contribution in [2.24, 2.45) is 0 Å². The van der Waals surface area contributed by atoms with E-state index in [1.165, 1.54) is 5.56 Å². The van der Waals surface area contributed by atoms with E-state index in [0.717, 1.165) is 23.0 Å². The molecule has 2 aromatic carbocycles. The maximum Gasteiger partial charge on any atom is 0.0744 e. The van der Waals surface area contributed by atoms with Crippen molar-refractivity contribution < 1.29 is 0 Å². The van der Waals surface area contributed by atoms with Gasteiger partial charge in [0.2, 0.25) is 0 Å². The lowest BCUT2D eigenvalue weighted by molar-refractivity contribution is 1.01. The summed E-state index contributed by atoms with van der Waals surface area (Å²) in [7, 11) is 0. The molecule has 1 aromatic heterocycles. The molecule has 0 fully saturated rings. The van der Waals surface area contributed by atoms with Crippen LogP contribution in [0.3, 0.4) is 0 Å². The van der Waals surface area contributed by atoms with E-state index in [1.54, 1.807) is 0 Å². The minimum absolute atomic E-state index is 0.860. The van der Waals surface area contributed by atoms with E-state index in [9.17, 15) is 0 Å². The van der Waals surface area contributed by atoms with E-state index in [4.69, 9.17) is 0 Å². The summed E-state index contributed by atoms with van der Waals surface area (Å²) in [6, 6.07) is 19.3. The van der Waals surface area contributed by atoms with Gasteiger partial charge in [-0.3, -0.25) is 5.10 Å². The number of H-pyrrole nitrogens is 1. The molecule has 3 aromatic rings. The number of aromatic nitrogens is 2. The zero-order chi connectivity index (χ0) is 10.8. The van der Waals surface area contributed by atoms with Gasteiger partial charge in [0, 0.05) is 11.8 Å². The Bertz CT molecular complexity index is 596. The first-order valence-corrected chi connectivity index (χ1v) is 5.30. The number of hydrogen-bond donors (Lipinski definition) is 1. The van der Waals surface area contributed by atoms with Crippen molar-refractivity contribution in [1.29, 1.82) is 0 Å². The largest absolute Gasteiger partial charge is 0.278 e. The Balaban J connectivity index is 2.01. The SMILES string of the molecule is [c]1ccc2[nH]nc(Cc3ccccc3)c2c1. The fourth-order valence-corrected chi connectivity index (χ4v) is 1.88. The van der Waals surface area contributed by atoms with Crippen LogP contribution in [0.2, 0.25) is 0 Å². The molecular formula is C14H11N2. The van der Waals surface area contributed by atoms with Gasteiger partial charge in [0.15, 0.2) is 0 Å². The molecule has 0 atom stereocenters. The quantitative estimate of drug-likeness (QED) is 0.687. The molecule has 0 unspecified atom stereocenters. The van der Waals surface area contributed by atoms with Gasteiger partial charge in [-0.15, -0.1) is 0 Å². The zero-order valence-corrected chi connectivity index (χ0v) is 8.77.